The third-order valence-corrected chi connectivity index (χ3v) is 4.63. The van der Waals surface area contributed by atoms with Crippen LogP contribution < -0.4 is 5.73 Å². The van der Waals surface area contributed by atoms with Crippen LogP contribution in [0.25, 0.3) is 11.1 Å². The van der Waals surface area contributed by atoms with Gasteiger partial charge in [0, 0.05) is 5.56 Å². The monoisotopic (exact) mass is 439 g/mol. The molecule has 3 N–H and O–H groups in total. The molecule has 0 radical (unpaired) electrons. The number of hydrogen-bond acceptors (Lipinski definition) is 3. The highest BCUT2D eigenvalue weighted by molar-refractivity contribution is 5.76. The number of carbonyl (C=O) groups is 2. The third kappa shape index (κ3) is 10.2. The first kappa shape index (κ1) is 25.2. The largest absolute Gasteiger partial charge is 0.481 e. The number of hydrogen-bond donors (Lipinski definition) is 2. The molecule has 0 amide bonds. The summed E-state index contributed by atoms with van der Waals surface area (Å²) in [6.45, 7) is 0.740. The Morgan fingerprint density at radius 2 is 1.12 bits per heavy atom. The van der Waals surface area contributed by atoms with Crippen molar-refractivity contribution in [3.63, 3.8) is 0 Å². The van der Waals surface area contributed by atoms with Gasteiger partial charge in [-0.1, -0.05) is 115 Å². The summed E-state index contributed by atoms with van der Waals surface area (Å²) < 4.78 is 0. The van der Waals surface area contributed by atoms with Gasteiger partial charge in [-0.2, -0.15) is 0 Å². The second-order valence-corrected chi connectivity index (χ2v) is 7.19. The van der Waals surface area contributed by atoms with Crippen LogP contribution in [0.5, 0.6) is 0 Å². The van der Waals surface area contributed by atoms with Crippen molar-refractivity contribution in [3.05, 3.63) is 132 Å². The SMILES string of the molecule is NCCc1ccccc1.O=C(O)Cc1ccccc1.O=Cc1ccc(-c2ccccc2)cc1. The van der Waals surface area contributed by atoms with Gasteiger partial charge in [-0.05, 0) is 35.2 Å². The van der Waals surface area contributed by atoms with Crippen LogP contribution in [0.2, 0.25) is 0 Å². The summed E-state index contributed by atoms with van der Waals surface area (Å²) in [5.74, 6) is -0.786. The van der Waals surface area contributed by atoms with E-state index >= 15 is 0 Å². The fourth-order valence-electron chi connectivity index (χ4n) is 2.97. The Morgan fingerprint density at radius 1 is 0.667 bits per heavy atom. The van der Waals surface area contributed by atoms with Gasteiger partial charge in [0.2, 0.25) is 0 Å². The molecule has 4 nitrogen and oxygen atoms in total. The van der Waals surface area contributed by atoms with Crippen LogP contribution in [-0.4, -0.2) is 23.9 Å². The summed E-state index contributed by atoms with van der Waals surface area (Å²) in [7, 11) is 0. The van der Waals surface area contributed by atoms with Gasteiger partial charge in [-0.15, -0.1) is 0 Å². The Balaban J connectivity index is 0.000000181. The van der Waals surface area contributed by atoms with Gasteiger partial charge in [0.1, 0.15) is 6.29 Å². The summed E-state index contributed by atoms with van der Waals surface area (Å²) in [5.41, 5.74) is 10.5. The number of aliphatic carboxylic acids is 1. The molecule has 0 aliphatic heterocycles. The molecule has 0 spiro atoms. The van der Waals surface area contributed by atoms with E-state index in [9.17, 15) is 9.59 Å². The standard InChI is InChI=1S/C13H10O.C8H11N.C8H8O2/c14-10-11-6-8-13(9-7-11)12-4-2-1-3-5-12;9-7-6-8-4-2-1-3-5-8;9-8(10)6-7-4-2-1-3-5-7/h1-10H;1-5H,6-7,9H2;1-5H,6H2,(H,9,10). The van der Waals surface area contributed by atoms with Crippen LogP contribution in [0.3, 0.4) is 0 Å². The van der Waals surface area contributed by atoms with E-state index in [1.165, 1.54) is 11.1 Å². The minimum atomic E-state index is -0.786. The Hall–Kier alpha value is -4.02. The topological polar surface area (TPSA) is 80.4 Å². The van der Waals surface area contributed by atoms with E-state index in [2.05, 4.69) is 24.3 Å². The number of carboxylic acids is 1. The van der Waals surface area contributed by atoms with E-state index in [1.54, 1.807) is 12.1 Å². The van der Waals surface area contributed by atoms with E-state index in [0.29, 0.717) is 5.56 Å². The van der Waals surface area contributed by atoms with Crippen molar-refractivity contribution >= 4 is 12.3 Å². The predicted octanol–water partition coefficient (Wildman–Crippen LogP) is 5.67. The molecule has 4 heteroatoms. The fourth-order valence-corrected chi connectivity index (χ4v) is 2.97. The summed E-state index contributed by atoms with van der Waals surface area (Å²) >= 11 is 0. The van der Waals surface area contributed by atoms with Crippen LogP contribution in [0.15, 0.2) is 115 Å². The zero-order valence-electron chi connectivity index (χ0n) is 18.5. The van der Waals surface area contributed by atoms with E-state index in [4.69, 9.17) is 10.8 Å². The summed E-state index contributed by atoms with van der Waals surface area (Å²) in [6, 6.07) is 37.1. The normalized spacial score (nSPS) is 9.48. The quantitative estimate of drug-likeness (QED) is 0.380. The third-order valence-electron chi connectivity index (χ3n) is 4.63. The second kappa shape index (κ2) is 14.9. The van der Waals surface area contributed by atoms with Gasteiger partial charge in [-0.3, -0.25) is 9.59 Å². The highest BCUT2D eigenvalue weighted by Crippen LogP contribution is 2.18. The molecule has 0 saturated carbocycles. The zero-order chi connectivity index (χ0) is 23.7. The Labute approximate surface area is 195 Å². The molecule has 0 fully saturated rings. The number of rotatable bonds is 6. The summed E-state index contributed by atoms with van der Waals surface area (Å²) in [4.78, 5) is 20.6. The van der Waals surface area contributed by atoms with Crippen molar-refractivity contribution in [2.45, 2.75) is 12.8 Å². The minimum Gasteiger partial charge on any atom is -0.481 e. The molecule has 0 atom stereocenters. The van der Waals surface area contributed by atoms with Crippen LogP contribution in [0.4, 0.5) is 0 Å². The molecule has 4 aromatic carbocycles. The van der Waals surface area contributed by atoms with Gasteiger partial charge < -0.3 is 10.8 Å². The zero-order valence-corrected chi connectivity index (χ0v) is 18.5. The molecule has 0 aliphatic carbocycles. The Kier molecular flexibility index (Phi) is 11.4. The molecule has 0 bridgehead atoms. The average molecular weight is 440 g/mol. The number of benzene rings is 4. The van der Waals surface area contributed by atoms with Crippen molar-refractivity contribution in [1.29, 1.82) is 0 Å². The molecule has 4 aromatic rings. The van der Waals surface area contributed by atoms with E-state index in [-0.39, 0.29) is 6.42 Å². The van der Waals surface area contributed by atoms with Gasteiger partial charge in [0.05, 0.1) is 6.42 Å². The van der Waals surface area contributed by atoms with Crippen LogP contribution in [-0.2, 0) is 17.6 Å². The first-order valence-corrected chi connectivity index (χ1v) is 10.7. The van der Waals surface area contributed by atoms with Crippen molar-refractivity contribution in [1.82, 2.24) is 0 Å². The van der Waals surface area contributed by atoms with E-state index in [0.717, 1.165) is 30.4 Å². The number of nitrogens with two attached hydrogens (primary N) is 1. The molecule has 0 unspecified atom stereocenters. The lowest BCUT2D eigenvalue weighted by atomic mass is 10.0. The average Bonchev–Trinajstić information content (AvgIpc) is 2.87. The summed E-state index contributed by atoms with van der Waals surface area (Å²) in [5, 5.41) is 8.37. The first-order chi connectivity index (χ1) is 16.1. The minimum absolute atomic E-state index is 0.112. The molecule has 0 saturated heterocycles. The Bertz CT molecular complexity index is 1060. The lowest BCUT2D eigenvalue weighted by Gasteiger charge is -2.00. The number of carboxylic acid groups (broad SMARTS) is 1. The maximum absolute atomic E-state index is 10.5. The first-order valence-electron chi connectivity index (χ1n) is 10.7. The van der Waals surface area contributed by atoms with Crippen LogP contribution in [0.1, 0.15) is 21.5 Å². The van der Waals surface area contributed by atoms with Gasteiger partial charge in [0.25, 0.3) is 0 Å². The van der Waals surface area contributed by atoms with Crippen molar-refractivity contribution in [2.24, 2.45) is 5.73 Å². The predicted molar refractivity (Wildman–Crippen MR) is 134 cm³/mol. The van der Waals surface area contributed by atoms with Gasteiger partial charge in [-0.25, -0.2) is 0 Å². The van der Waals surface area contributed by atoms with Crippen LogP contribution in [0, 0.1) is 0 Å². The number of carbonyl (C=O) groups excluding carboxylic acids is 1. The molecule has 168 valence electrons. The maximum Gasteiger partial charge on any atom is 0.307 e. The summed E-state index contributed by atoms with van der Waals surface area (Å²) in [6.07, 6.45) is 1.95. The van der Waals surface area contributed by atoms with Gasteiger partial charge in [0.15, 0.2) is 0 Å². The highest BCUT2D eigenvalue weighted by Gasteiger charge is 1.97. The maximum atomic E-state index is 10.5. The highest BCUT2D eigenvalue weighted by atomic mass is 16.4. The van der Waals surface area contributed by atoms with Crippen molar-refractivity contribution < 1.29 is 14.7 Å². The molecule has 0 heterocycles. The molecule has 0 aliphatic rings. The molecule has 0 aromatic heterocycles. The lowest BCUT2D eigenvalue weighted by molar-refractivity contribution is -0.136. The second-order valence-electron chi connectivity index (χ2n) is 7.19. The Morgan fingerprint density at radius 3 is 1.58 bits per heavy atom. The smallest absolute Gasteiger partial charge is 0.307 e. The van der Waals surface area contributed by atoms with E-state index < -0.39 is 5.97 Å². The number of aldehydes is 1. The molecule has 4 rings (SSSR count). The van der Waals surface area contributed by atoms with Crippen LogP contribution >= 0.6 is 0 Å². The van der Waals surface area contributed by atoms with Gasteiger partial charge >= 0.3 is 5.97 Å². The van der Waals surface area contributed by atoms with E-state index in [1.807, 2.05) is 78.9 Å². The van der Waals surface area contributed by atoms with Crippen molar-refractivity contribution in [3.8, 4) is 11.1 Å². The molecule has 33 heavy (non-hydrogen) atoms. The van der Waals surface area contributed by atoms with Crippen molar-refractivity contribution in [2.75, 3.05) is 6.54 Å². The molecular formula is C29H29NO3. The molecular weight excluding hydrogens is 410 g/mol. The fraction of sp³-hybridized carbons (Fsp3) is 0.103. The lowest BCUT2D eigenvalue weighted by Crippen LogP contribution is -2.01.